The van der Waals surface area contributed by atoms with Crippen LogP contribution in [0.4, 0.5) is 4.39 Å². The summed E-state index contributed by atoms with van der Waals surface area (Å²) in [5, 5.41) is 8.60. The summed E-state index contributed by atoms with van der Waals surface area (Å²) in [6, 6.07) is 1.11. The highest BCUT2D eigenvalue weighted by atomic mass is 35.5. The van der Waals surface area contributed by atoms with Crippen LogP contribution in [0.25, 0.3) is 6.08 Å². The molecule has 0 aliphatic rings. The summed E-state index contributed by atoms with van der Waals surface area (Å²) in [4.78, 5) is 14.2. The molecule has 1 aromatic rings. The van der Waals surface area contributed by atoms with E-state index >= 15 is 0 Å². The Hall–Kier alpha value is -1.42. The molecule has 0 aliphatic heterocycles. The molecule has 0 bridgehead atoms. The summed E-state index contributed by atoms with van der Waals surface area (Å²) < 4.78 is 13.3. The average molecular weight is 216 g/mol. The van der Waals surface area contributed by atoms with Gasteiger partial charge in [0, 0.05) is 12.1 Å². The lowest BCUT2D eigenvalue weighted by molar-refractivity contribution is 0.0691. The highest BCUT2D eigenvalue weighted by Crippen LogP contribution is 2.11. The van der Waals surface area contributed by atoms with Crippen LogP contribution in [0.2, 0.25) is 0 Å². The second kappa shape index (κ2) is 4.72. The Kier molecular flexibility index (Phi) is 3.59. The van der Waals surface area contributed by atoms with Crippen LogP contribution in [-0.4, -0.2) is 21.9 Å². The SMILES string of the molecule is O=C(O)c1ccnc(C=CCCl)c1F. The molecule has 0 unspecified atom stereocenters. The van der Waals surface area contributed by atoms with E-state index in [2.05, 4.69) is 4.98 Å². The summed E-state index contributed by atoms with van der Waals surface area (Å²) in [6.45, 7) is 0. The molecule has 0 aliphatic carbocycles. The number of pyridine rings is 1. The van der Waals surface area contributed by atoms with E-state index < -0.39 is 17.3 Å². The Morgan fingerprint density at radius 3 is 3.00 bits per heavy atom. The summed E-state index contributed by atoms with van der Waals surface area (Å²) in [5.41, 5.74) is -0.417. The van der Waals surface area contributed by atoms with Crippen LogP contribution in [0.15, 0.2) is 18.3 Å². The monoisotopic (exact) mass is 215 g/mol. The van der Waals surface area contributed by atoms with Crippen LogP contribution in [0, 0.1) is 5.82 Å². The average Bonchev–Trinajstić information content (AvgIpc) is 2.16. The second-order valence-electron chi connectivity index (χ2n) is 2.42. The molecule has 0 saturated carbocycles. The van der Waals surface area contributed by atoms with Crippen molar-refractivity contribution in [3.8, 4) is 0 Å². The Morgan fingerprint density at radius 1 is 1.71 bits per heavy atom. The highest BCUT2D eigenvalue weighted by Gasteiger charge is 2.12. The molecule has 0 fully saturated rings. The standard InChI is InChI=1S/C9H7ClFNO2/c10-4-1-2-7-8(11)6(9(13)14)3-5-12-7/h1-3,5H,4H2,(H,13,14). The van der Waals surface area contributed by atoms with Crippen molar-refractivity contribution in [1.29, 1.82) is 0 Å². The van der Waals surface area contributed by atoms with Gasteiger partial charge in [-0.25, -0.2) is 9.18 Å². The molecule has 0 atom stereocenters. The van der Waals surface area contributed by atoms with Crippen LogP contribution in [0.3, 0.4) is 0 Å². The Labute approximate surface area is 84.8 Å². The van der Waals surface area contributed by atoms with Crippen molar-refractivity contribution < 1.29 is 14.3 Å². The number of carbonyl (C=O) groups is 1. The van der Waals surface area contributed by atoms with E-state index in [1.54, 1.807) is 0 Å². The molecule has 1 heterocycles. The summed E-state index contributed by atoms with van der Waals surface area (Å²) in [5.74, 6) is -1.94. The molecule has 0 saturated heterocycles. The minimum Gasteiger partial charge on any atom is -0.478 e. The van der Waals surface area contributed by atoms with Crippen LogP contribution < -0.4 is 0 Å². The first-order valence-corrected chi connectivity index (χ1v) is 4.30. The molecule has 0 spiro atoms. The van der Waals surface area contributed by atoms with Gasteiger partial charge >= 0.3 is 5.97 Å². The van der Waals surface area contributed by atoms with Gasteiger partial charge < -0.3 is 5.11 Å². The Balaban J connectivity index is 3.14. The van der Waals surface area contributed by atoms with Gasteiger partial charge in [-0.1, -0.05) is 6.08 Å². The van der Waals surface area contributed by atoms with E-state index in [4.69, 9.17) is 16.7 Å². The van der Waals surface area contributed by atoms with Crippen LogP contribution >= 0.6 is 11.6 Å². The highest BCUT2D eigenvalue weighted by molar-refractivity contribution is 6.19. The third-order valence-corrected chi connectivity index (χ3v) is 1.69. The van der Waals surface area contributed by atoms with Gasteiger partial charge in [0.15, 0.2) is 5.82 Å². The maximum Gasteiger partial charge on any atom is 0.338 e. The minimum absolute atomic E-state index is 0.0226. The van der Waals surface area contributed by atoms with Crippen molar-refractivity contribution in [1.82, 2.24) is 4.98 Å². The number of aromatic nitrogens is 1. The van der Waals surface area contributed by atoms with Gasteiger partial charge in [0.25, 0.3) is 0 Å². The molecule has 14 heavy (non-hydrogen) atoms. The number of aromatic carboxylic acids is 1. The number of hydrogen-bond donors (Lipinski definition) is 1. The molecule has 0 aromatic carbocycles. The number of carboxylic acids is 1. The van der Waals surface area contributed by atoms with E-state index in [0.29, 0.717) is 0 Å². The topological polar surface area (TPSA) is 50.2 Å². The quantitative estimate of drug-likeness (QED) is 0.787. The predicted octanol–water partition coefficient (Wildman–Crippen LogP) is 2.17. The van der Waals surface area contributed by atoms with Crippen LogP contribution in [0.5, 0.6) is 0 Å². The maximum absolute atomic E-state index is 13.3. The zero-order valence-electron chi connectivity index (χ0n) is 7.08. The van der Waals surface area contributed by atoms with Crippen molar-refractivity contribution in [2.75, 3.05) is 5.88 Å². The summed E-state index contributed by atoms with van der Waals surface area (Å²) >= 11 is 5.35. The third-order valence-electron chi connectivity index (χ3n) is 1.51. The van der Waals surface area contributed by atoms with Crippen molar-refractivity contribution >= 4 is 23.6 Å². The lowest BCUT2D eigenvalue weighted by Crippen LogP contribution is -2.03. The van der Waals surface area contributed by atoms with E-state index in [1.807, 2.05) is 0 Å². The summed E-state index contributed by atoms with van der Waals surface area (Å²) in [7, 11) is 0. The number of allylic oxidation sites excluding steroid dienone is 1. The van der Waals surface area contributed by atoms with Gasteiger partial charge in [0.1, 0.15) is 0 Å². The lowest BCUT2D eigenvalue weighted by atomic mass is 10.2. The van der Waals surface area contributed by atoms with Crippen molar-refractivity contribution in [3.63, 3.8) is 0 Å². The van der Waals surface area contributed by atoms with Crippen LogP contribution in [0.1, 0.15) is 16.1 Å². The van der Waals surface area contributed by atoms with Gasteiger partial charge in [-0.15, -0.1) is 11.6 Å². The van der Waals surface area contributed by atoms with Gasteiger partial charge in [0.05, 0.1) is 11.3 Å². The van der Waals surface area contributed by atoms with Gasteiger partial charge in [-0.2, -0.15) is 0 Å². The normalized spacial score (nSPS) is 10.7. The molecular formula is C9H7ClFNO2. The largest absolute Gasteiger partial charge is 0.478 e. The zero-order valence-corrected chi connectivity index (χ0v) is 7.83. The third kappa shape index (κ3) is 2.29. The predicted molar refractivity (Wildman–Crippen MR) is 50.9 cm³/mol. The molecule has 5 heteroatoms. The molecule has 0 radical (unpaired) electrons. The lowest BCUT2D eigenvalue weighted by Gasteiger charge is -1.99. The first kappa shape index (κ1) is 10.7. The van der Waals surface area contributed by atoms with Gasteiger partial charge in [0.2, 0.25) is 0 Å². The van der Waals surface area contributed by atoms with E-state index in [-0.39, 0.29) is 11.6 Å². The number of carboxylic acid groups (broad SMARTS) is 1. The Morgan fingerprint density at radius 2 is 2.43 bits per heavy atom. The fraction of sp³-hybridized carbons (Fsp3) is 0.111. The number of alkyl halides is 1. The molecule has 0 amide bonds. The van der Waals surface area contributed by atoms with Crippen molar-refractivity contribution in [2.45, 2.75) is 0 Å². The number of rotatable bonds is 3. The fourth-order valence-electron chi connectivity index (χ4n) is 0.897. The number of halogens is 2. The number of nitrogens with zero attached hydrogens (tertiary/aromatic N) is 1. The van der Waals surface area contributed by atoms with Crippen molar-refractivity contribution in [3.05, 3.63) is 35.4 Å². The van der Waals surface area contributed by atoms with E-state index in [9.17, 15) is 9.18 Å². The molecule has 3 nitrogen and oxygen atoms in total. The van der Waals surface area contributed by atoms with E-state index in [1.165, 1.54) is 18.3 Å². The Bertz CT molecular complexity index is 379. The first-order chi connectivity index (χ1) is 6.66. The second-order valence-corrected chi connectivity index (χ2v) is 2.73. The van der Waals surface area contributed by atoms with Gasteiger partial charge in [-0.05, 0) is 12.1 Å². The molecule has 1 rings (SSSR count). The minimum atomic E-state index is -1.31. The molecule has 1 N–H and O–H groups in total. The molecular weight excluding hydrogens is 209 g/mol. The first-order valence-electron chi connectivity index (χ1n) is 3.77. The molecule has 1 aromatic heterocycles. The summed E-state index contributed by atoms with van der Waals surface area (Å²) in [6.07, 6.45) is 4.06. The van der Waals surface area contributed by atoms with Gasteiger partial charge in [-0.3, -0.25) is 4.98 Å². The number of hydrogen-bond acceptors (Lipinski definition) is 2. The molecule has 74 valence electrons. The zero-order chi connectivity index (χ0) is 10.6. The maximum atomic E-state index is 13.3. The smallest absolute Gasteiger partial charge is 0.338 e. The van der Waals surface area contributed by atoms with Crippen LogP contribution in [-0.2, 0) is 0 Å². The van der Waals surface area contributed by atoms with E-state index in [0.717, 1.165) is 6.07 Å². The van der Waals surface area contributed by atoms with Crippen molar-refractivity contribution in [2.24, 2.45) is 0 Å². The fourth-order valence-corrected chi connectivity index (χ4v) is 0.987.